The summed E-state index contributed by atoms with van der Waals surface area (Å²) >= 11 is 0. The molecule has 3 heteroatoms. The summed E-state index contributed by atoms with van der Waals surface area (Å²) in [6.07, 6.45) is 1.83. The normalized spacial score (nSPS) is 16.4. The molecule has 0 saturated carbocycles. The summed E-state index contributed by atoms with van der Waals surface area (Å²) in [6, 6.07) is 4.07. The average Bonchev–Trinajstić information content (AvgIpc) is 2.47. The summed E-state index contributed by atoms with van der Waals surface area (Å²) in [6.45, 7) is 4.42. The largest absolute Gasteiger partial charge is 0.299 e. The van der Waals surface area contributed by atoms with Crippen molar-refractivity contribution in [2.75, 3.05) is 6.61 Å². The van der Waals surface area contributed by atoms with Crippen LogP contribution < -0.4 is 0 Å². The van der Waals surface area contributed by atoms with Crippen molar-refractivity contribution < 1.29 is 4.84 Å². The van der Waals surface area contributed by atoms with Gasteiger partial charge in [0.05, 0.1) is 25.4 Å². The van der Waals surface area contributed by atoms with Gasteiger partial charge >= 0.3 is 0 Å². The zero-order valence-corrected chi connectivity index (χ0v) is 7.16. The van der Waals surface area contributed by atoms with E-state index in [2.05, 4.69) is 11.1 Å². The number of hydroxylamine groups is 2. The fourth-order valence-corrected chi connectivity index (χ4v) is 1.44. The minimum atomic E-state index is 0.730. The first kappa shape index (κ1) is 7.71. The molecule has 0 fully saturated rings. The van der Waals surface area contributed by atoms with E-state index < -0.39 is 0 Å². The van der Waals surface area contributed by atoms with Gasteiger partial charge < -0.3 is 0 Å². The zero-order valence-electron chi connectivity index (χ0n) is 7.16. The van der Waals surface area contributed by atoms with Gasteiger partial charge in [-0.2, -0.15) is 5.06 Å². The van der Waals surface area contributed by atoms with Crippen LogP contribution in [0.1, 0.15) is 18.2 Å². The van der Waals surface area contributed by atoms with Crippen molar-refractivity contribution in [3.63, 3.8) is 0 Å². The number of pyridine rings is 1. The van der Waals surface area contributed by atoms with E-state index >= 15 is 0 Å². The van der Waals surface area contributed by atoms with E-state index in [1.54, 1.807) is 0 Å². The maximum Gasteiger partial charge on any atom is 0.0671 e. The molecule has 1 aromatic heterocycles. The van der Waals surface area contributed by atoms with E-state index in [0.717, 1.165) is 25.4 Å². The number of fused-ring (bicyclic) bond motifs is 1. The Kier molecular flexibility index (Phi) is 2.06. The molecule has 2 rings (SSSR count). The van der Waals surface area contributed by atoms with Crippen LogP contribution in [0.15, 0.2) is 18.3 Å². The highest BCUT2D eigenvalue weighted by Gasteiger charge is 2.19. The summed E-state index contributed by atoms with van der Waals surface area (Å²) in [5, 5.41) is 1.94. The SMILES string of the molecule is CCON1Cc2cccnc2C1. The summed E-state index contributed by atoms with van der Waals surface area (Å²) in [7, 11) is 0. The number of aromatic nitrogens is 1. The van der Waals surface area contributed by atoms with Crippen molar-refractivity contribution in [1.29, 1.82) is 0 Å². The summed E-state index contributed by atoms with van der Waals surface area (Å²) in [5.74, 6) is 0. The highest BCUT2D eigenvalue weighted by atomic mass is 16.7. The first-order valence-electron chi connectivity index (χ1n) is 4.21. The molecule has 0 radical (unpaired) electrons. The molecular weight excluding hydrogens is 152 g/mol. The highest BCUT2D eigenvalue weighted by Crippen LogP contribution is 2.19. The van der Waals surface area contributed by atoms with Crippen LogP contribution in [0, 0.1) is 0 Å². The van der Waals surface area contributed by atoms with Gasteiger partial charge in [0.1, 0.15) is 0 Å². The van der Waals surface area contributed by atoms with Gasteiger partial charge in [0.25, 0.3) is 0 Å². The Morgan fingerprint density at radius 1 is 1.58 bits per heavy atom. The van der Waals surface area contributed by atoms with Gasteiger partial charge in [-0.1, -0.05) is 6.07 Å². The third kappa shape index (κ3) is 1.33. The Bertz CT molecular complexity index is 250. The van der Waals surface area contributed by atoms with Gasteiger partial charge in [0, 0.05) is 6.20 Å². The maximum atomic E-state index is 5.38. The molecule has 3 nitrogen and oxygen atoms in total. The van der Waals surface area contributed by atoms with Gasteiger partial charge in [-0.15, -0.1) is 0 Å². The van der Waals surface area contributed by atoms with Crippen LogP contribution in [0.4, 0.5) is 0 Å². The first-order chi connectivity index (χ1) is 5.90. The minimum Gasteiger partial charge on any atom is -0.299 e. The molecule has 0 spiro atoms. The van der Waals surface area contributed by atoms with Crippen molar-refractivity contribution in [2.45, 2.75) is 20.0 Å². The number of nitrogens with zero attached hydrogens (tertiary/aromatic N) is 2. The Morgan fingerprint density at radius 3 is 3.25 bits per heavy atom. The molecular formula is C9H12N2O. The molecule has 1 aromatic rings. The van der Waals surface area contributed by atoms with Gasteiger partial charge in [-0.05, 0) is 18.6 Å². The van der Waals surface area contributed by atoms with E-state index in [4.69, 9.17) is 4.84 Å². The van der Waals surface area contributed by atoms with Crippen molar-refractivity contribution in [3.05, 3.63) is 29.6 Å². The lowest BCUT2D eigenvalue weighted by Gasteiger charge is -2.11. The van der Waals surface area contributed by atoms with Gasteiger partial charge in [-0.25, -0.2) is 0 Å². The Hall–Kier alpha value is -0.930. The number of hydrogen-bond donors (Lipinski definition) is 0. The molecule has 2 heterocycles. The highest BCUT2D eigenvalue weighted by molar-refractivity contribution is 5.22. The molecule has 0 aliphatic carbocycles. The number of hydrogen-bond acceptors (Lipinski definition) is 3. The standard InChI is InChI=1S/C9H12N2O/c1-2-12-11-6-8-4-3-5-10-9(8)7-11/h3-5H,2,6-7H2,1H3. The van der Waals surface area contributed by atoms with Crippen LogP contribution in [0.25, 0.3) is 0 Å². The topological polar surface area (TPSA) is 25.4 Å². The fraction of sp³-hybridized carbons (Fsp3) is 0.444. The third-order valence-electron chi connectivity index (χ3n) is 1.97. The summed E-state index contributed by atoms with van der Waals surface area (Å²) in [4.78, 5) is 9.65. The lowest BCUT2D eigenvalue weighted by atomic mass is 10.2. The first-order valence-corrected chi connectivity index (χ1v) is 4.21. The lowest BCUT2D eigenvalue weighted by Crippen LogP contribution is -2.16. The maximum absolute atomic E-state index is 5.38. The molecule has 0 N–H and O–H groups in total. The van der Waals surface area contributed by atoms with Crippen LogP contribution in [-0.2, 0) is 17.9 Å². The molecule has 64 valence electrons. The smallest absolute Gasteiger partial charge is 0.0671 e. The molecule has 0 saturated heterocycles. The molecule has 1 aliphatic heterocycles. The van der Waals surface area contributed by atoms with E-state index in [9.17, 15) is 0 Å². The minimum absolute atomic E-state index is 0.730. The van der Waals surface area contributed by atoms with Crippen LogP contribution in [-0.4, -0.2) is 16.7 Å². The Balaban J connectivity index is 2.11. The van der Waals surface area contributed by atoms with Crippen LogP contribution in [0.3, 0.4) is 0 Å². The fourth-order valence-electron chi connectivity index (χ4n) is 1.44. The van der Waals surface area contributed by atoms with Gasteiger partial charge in [0.15, 0.2) is 0 Å². The van der Waals surface area contributed by atoms with Gasteiger partial charge in [-0.3, -0.25) is 9.82 Å². The summed E-state index contributed by atoms with van der Waals surface area (Å²) in [5.41, 5.74) is 2.43. The molecule has 0 bridgehead atoms. The van der Waals surface area contributed by atoms with E-state index in [0.29, 0.717) is 0 Å². The van der Waals surface area contributed by atoms with E-state index in [-0.39, 0.29) is 0 Å². The van der Waals surface area contributed by atoms with Crippen LogP contribution in [0.2, 0.25) is 0 Å². The molecule has 0 aromatic carbocycles. The molecule has 1 aliphatic rings. The molecule has 0 atom stereocenters. The molecule has 0 amide bonds. The summed E-state index contributed by atoms with van der Waals surface area (Å²) < 4.78 is 0. The lowest BCUT2D eigenvalue weighted by molar-refractivity contribution is -0.161. The predicted molar refractivity (Wildman–Crippen MR) is 45.1 cm³/mol. The Labute approximate surface area is 71.9 Å². The second kappa shape index (κ2) is 3.21. The van der Waals surface area contributed by atoms with Gasteiger partial charge in [0.2, 0.25) is 0 Å². The monoisotopic (exact) mass is 164 g/mol. The zero-order chi connectivity index (χ0) is 8.39. The van der Waals surface area contributed by atoms with Crippen molar-refractivity contribution in [2.24, 2.45) is 0 Å². The second-order valence-corrected chi connectivity index (χ2v) is 2.83. The van der Waals surface area contributed by atoms with E-state index in [1.807, 2.05) is 24.3 Å². The van der Waals surface area contributed by atoms with Crippen molar-refractivity contribution in [1.82, 2.24) is 10.0 Å². The average molecular weight is 164 g/mol. The predicted octanol–water partition coefficient (Wildman–Crippen LogP) is 1.35. The number of rotatable bonds is 2. The Morgan fingerprint density at radius 2 is 2.50 bits per heavy atom. The second-order valence-electron chi connectivity index (χ2n) is 2.83. The molecule has 12 heavy (non-hydrogen) atoms. The van der Waals surface area contributed by atoms with Crippen molar-refractivity contribution in [3.8, 4) is 0 Å². The van der Waals surface area contributed by atoms with Crippen LogP contribution in [0.5, 0.6) is 0 Å². The van der Waals surface area contributed by atoms with Crippen molar-refractivity contribution >= 4 is 0 Å². The van der Waals surface area contributed by atoms with Crippen LogP contribution >= 0.6 is 0 Å². The molecule has 0 unspecified atom stereocenters. The van der Waals surface area contributed by atoms with E-state index in [1.165, 1.54) is 5.56 Å². The third-order valence-corrected chi connectivity index (χ3v) is 1.97. The quantitative estimate of drug-likeness (QED) is 0.659.